The largest absolute Gasteiger partial charge is 0.496 e. The molecule has 1 aliphatic carbocycles. The average Bonchev–Trinajstić information content (AvgIpc) is 2.28. The second-order valence-electron chi connectivity index (χ2n) is 4.22. The first kappa shape index (κ1) is 11.0. The number of carbonyl (C=O) groups is 1. The standard InChI is InChI=1S/C13H16O3/c1-16-11-7-3-5-9-4-2-6-10(13(9)11)8-12(14)15/h3,5,7,10H,2,4,6,8H2,1H3,(H,14,15). The zero-order valence-corrected chi connectivity index (χ0v) is 9.40. The van der Waals surface area contributed by atoms with Crippen LogP contribution >= 0.6 is 0 Å². The normalized spacial score (nSPS) is 18.9. The van der Waals surface area contributed by atoms with Gasteiger partial charge in [-0.15, -0.1) is 0 Å². The van der Waals surface area contributed by atoms with E-state index in [1.54, 1.807) is 7.11 Å². The van der Waals surface area contributed by atoms with Crippen LogP contribution in [-0.4, -0.2) is 18.2 Å². The van der Waals surface area contributed by atoms with Crippen molar-refractivity contribution in [3.8, 4) is 5.75 Å². The zero-order chi connectivity index (χ0) is 11.5. The highest BCUT2D eigenvalue weighted by atomic mass is 16.5. The fourth-order valence-electron chi connectivity index (χ4n) is 2.55. The van der Waals surface area contributed by atoms with Gasteiger partial charge in [-0.1, -0.05) is 12.1 Å². The first-order valence-corrected chi connectivity index (χ1v) is 5.60. The molecule has 1 aromatic rings. The average molecular weight is 220 g/mol. The molecule has 0 fully saturated rings. The van der Waals surface area contributed by atoms with Gasteiger partial charge in [-0.3, -0.25) is 4.79 Å². The van der Waals surface area contributed by atoms with E-state index >= 15 is 0 Å². The molecular formula is C13H16O3. The number of rotatable bonds is 3. The highest BCUT2D eigenvalue weighted by Crippen LogP contribution is 2.39. The highest BCUT2D eigenvalue weighted by molar-refractivity contribution is 5.68. The Morgan fingerprint density at radius 2 is 2.38 bits per heavy atom. The molecule has 0 amide bonds. The third-order valence-electron chi connectivity index (χ3n) is 3.20. The summed E-state index contributed by atoms with van der Waals surface area (Å²) in [6.45, 7) is 0. The van der Waals surface area contributed by atoms with E-state index in [0.29, 0.717) is 0 Å². The maximum absolute atomic E-state index is 10.8. The minimum Gasteiger partial charge on any atom is -0.496 e. The van der Waals surface area contributed by atoms with Gasteiger partial charge in [0, 0.05) is 5.56 Å². The van der Waals surface area contributed by atoms with Crippen LogP contribution in [0.1, 0.15) is 36.3 Å². The van der Waals surface area contributed by atoms with Crippen LogP contribution in [0.3, 0.4) is 0 Å². The molecule has 1 aliphatic rings. The molecule has 3 heteroatoms. The molecule has 0 aromatic heterocycles. The Balaban J connectivity index is 2.38. The lowest BCUT2D eigenvalue weighted by molar-refractivity contribution is -0.137. The van der Waals surface area contributed by atoms with Crippen molar-refractivity contribution in [2.45, 2.75) is 31.6 Å². The molecule has 86 valence electrons. The fraction of sp³-hybridized carbons (Fsp3) is 0.462. The molecule has 0 spiro atoms. The summed E-state index contributed by atoms with van der Waals surface area (Å²) in [7, 11) is 1.64. The maximum atomic E-state index is 10.8. The van der Waals surface area contributed by atoms with E-state index in [1.807, 2.05) is 12.1 Å². The number of benzene rings is 1. The van der Waals surface area contributed by atoms with Gasteiger partial charge in [-0.2, -0.15) is 0 Å². The van der Waals surface area contributed by atoms with Gasteiger partial charge in [0.1, 0.15) is 5.75 Å². The summed E-state index contributed by atoms with van der Waals surface area (Å²) in [6, 6.07) is 5.96. The summed E-state index contributed by atoms with van der Waals surface area (Å²) < 4.78 is 5.33. The summed E-state index contributed by atoms with van der Waals surface area (Å²) in [5.74, 6) is 0.213. The van der Waals surface area contributed by atoms with E-state index in [1.165, 1.54) is 5.56 Å². The van der Waals surface area contributed by atoms with Gasteiger partial charge >= 0.3 is 5.97 Å². The number of fused-ring (bicyclic) bond motifs is 1. The molecule has 2 rings (SSSR count). The van der Waals surface area contributed by atoms with Gasteiger partial charge in [-0.25, -0.2) is 0 Å². The van der Waals surface area contributed by atoms with Crippen molar-refractivity contribution in [3.05, 3.63) is 29.3 Å². The maximum Gasteiger partial charge on any atom is 0.303 e. The van der Waals surface area contributed by atoms with Crippen molar-refractivity contribution < 1.29 is 14.6 Å². The summed E-state index contributed by atoms with van der Waals surface area (Å²) in [4.78, 5) is 10.8. The van der Waals surface area contributed by atoms with Gasteiger partial charge < -0.3 is 9.84 Å². The predicted octanol–water partition coefficient (Wildman–Crippen LogP) is 2.59. The van der Waals surface area contributed by atoms with Crippen LogP contribution in [0.15, 0.2) is 18.2 Å². The highest BCUT2D eigenvalue weighted by Gasteiger charge is 2.25. The fourth-order valence-corrected chi connectivity index (χ4v) is 2.55. The SMILES string of the molecule is COc1cccc2c1C(CC(=O)O)CCC2. The van der Waals surface area contributed by atoms with Gasteiger partial charge in [-0.05, 0) is 36.8 Å². The number of hydrogen-bond acceptors (Lipinski definition) is 2. The molecule has 0 radical (unpaired) electrons. The number of aliphatic carboxylic acids is 1. The van der Waals surface area contributed by atoms with Crippen LogP contribution in [-0.2, 0) is 11.2 Å². The van der Waals surface area contributed by atoms with E-state index in [-0.39, 0.29) is 12.3 Å². The number of methoxy groups -OCH3 is 1. The molecule has 0 saturated carbocycles. The Morgan fingerprint density at radius 1 is 1.56 bits per heavy atom. The van der Waals surface area contributed by atoms with Crippen molar-refractivity contribution in [2.75, 3.05) is 7.11 Å². The third kappa shape index (κ3) is 2.03. The van der Waals surface area contributed by atoms with Crippen molar-refractivity contribution >= 4 is 5.97 Å². The minimum absolute atomic E-state index is 0.109. The molecule has 1 aromatic carbocycles. The first-order chi connectivity index (χ1) is 7.72. The Bertz CT molecular complexity index is 384. The summed E-state index contributed by atoms with van der Waals surface area (Å²) >= 11 is 0. The minimum atomic E-state index is -0.733. The third-order valence-corrected chi connectivity index (χ3v) is 3.20. The lowest BCUT2D eigenvalue weighted by Gasteiger charge is -2.26. The van der Waals surface area contributed by atoms with Crippen molar-refractivity contribution in [1.29, 1.82) is 0 Å². The number of hydrogen-bond donors (Lipinski definition) is 1. The summed E-state index contributed by atoms with van der Waals surface area (Å²) in [6.07, 6.45) is 3.24. The molecule has 3 nitrogen and oxygen atoms in total. The molecule has 1 unspecified atom stereocenters. The Labute approximate surface area is 95.0 Å². The molecule has 16 heavy (non-hydrogen) atoms. The van der Waals surface area contributed by atoms with E-state index < -0.39 is 5.97 Å². The molecule has 0 heterocycles. The van der Waals surface area contributed by atoms with Gasteiger partial charge in [0.2, 0.25) is 0 Å². The first-order valence-electron chi connectivity index (χ1n) is 5.60. The van der Waals surface area contributed by atoms with Crippen LogP contribution in [0.5, 0.6) is 5.75 Å². The van der Waals surface area contributed by atoms with Gasteiger partial charge in [0.15, 0.2) is 0 Å². The van der Waals surface area contributed by atoms with Gasteiger partial charge in [0.05, 0.1) is 13.5 Å². The molecule has 1 atom stereocenters. The van der Waals surface area contributed by atoms with Crippen molar-refractivity contribution in [3.63, 3.8) is 0 Å². The number of carboxylic acid groups (broad SMARTS) is 1. The summed E-state index contributed by atoms with van der Waals surface area (Å²) in [5, 5.41) is 8.91. The molecular weight excluding hydrogens is 204 g/mol. The van der Waals surface area contributed by atoms with E-state index in [9.17, 15) is 4.79 Å². The summed E-state index contributed by atoms with van der Waals surface area (Å²) in [5.41, 5.74) is 2.36. The van der Waals surface area contributed by atoms with E-state index in [4.69, 9.17) is 9.84 Å². The molecule has 0 saturated heterocycles. The van der Waals surface area contributed by atoms with E-state index in [2.05, 4.69) is 6.07 Å². The lowest BCUT2D eigenvalue weighted by Crippen LogP contribution is -2.14. The topological polar surface area (TPSA) is 46.5 Å². The number of aryl methyl sites for hydroxylation is 1. The lowest BCUT2D eigenvalue weighted by atomic mass is 9.80. The second kappa shape index (κ2) is 4.56. The quantitative estimate of drug-likeness (QED) is 0.851. The zero-order valence-electron chi connectivity index (χ0n) is 9.40. The van der Waals surface area contributed by atoms with Crippen LogP contribution in [0.25, 0.3) is 0 Å². The second-order valence-corrected chi connectivity index (χ2v) is 4.22. The van der Waals surface area contributed by atoms with Crippen molar-refractivity contribution in [1.82, 2.24) is 0 Å². The molecule has 0 aliphatic heterocycles. The number of ether oxygens (including phenoxy) is 1. The van der Waals surface area contributed by atoms with Crippen molar-refractivity contribution in [2.24, 2.45) is 0 Å². The van der Waals surface area contributed by atoms with Crippen LogP contribution in [0.2, 0.25) is 0 Å². The Morgan fingerprint density at radius 3 is 3.06 bits per heavy atom. The molecule has 1 N–H and O–H groups in total. The Kier molecular flexibility index (Phi) is 3.13. The van der Waals surface area contributed by atoms with Crippen LogP contribution in [0, 0.1) is 0 Å². The molecule has 0 bridgehead atoms. The van der Waals surface area contributed by atoms with Gasteiger partial charge in [0.25, 0.3) is 0 Å². The van der Waals surface area contributed by atoms with E-state index in [0.717, 1.165) is 30.6 Å². The predicted molar refractivity (Wildman–Crippen MR) is 60.9 cm³/mol. The van der Waals surface area contributed by atoms with Crippen LogP contribution < -0.4 is 4.74 Å². The monoisotopic (exact) mass is 220 g/mol. The number of carboxylic acids is 1. The van der Waals surface area contributed by atoms with Crippen LogP contribution in [0.4, 0.5) is 0 Å². The smallest absolute Gasteiger partial charge is 0.303 e. The Hall–Kier alpha value is -1.51.